The summed E-state index contributed by atoms with van der Waals surface area (Å²) >= 11 is 6.04. The number of methoxy groups -OCH3 is 2. The Morgan fingerprint density at radius 2 is 1.68 bits per heavy atom. The van der Waals surface area contributed by atoms with Gasteiger partial charge < -0.3 is 14.8 Å². The normalized spacial score (nSPS) is 10.9. The van der Waals surface area contributed by atoms with Crippen LogP contribution in [-0.4, -0.2) is 34.8 Å². The fourth-order valence-corrected chi connectivity index (χ4v) is 2.93. The molecule has 0 aromatic heterocycles. The van der Waals surface area contributed by atoms with Crippen LogP contribution in [0.5, 0.6) is 11.5 Å². The molecule has 0 saturated heterocycles. The van der Waals surface area contributed by atoms with Gasteiger partial charge in [0.2, 0.25) is 10.0 Å². The van der Waals surface area contributed by atoms with Gasteiger partial charge in [-0.15, -0.1) is 0 Å². The Balaban J connectivity index is 2.38. The van der Waals surface area contributed by atoms with Crippen LogP contribution in [0.2, 0.25) is 5.02 Å². The first-order valence-electron chi connectivity index (χ1n) is 7.05. The molecule has 0 aliphatic rings. The van der Waals surface area contributed by atoms with Crippen molar-refractivity contribution in [2.45, 2.75) is 0 Å². The zero-order valence-corrected chi connectivity index (χ0v) is 15.4. The van der Waals surface area contributed by atoms with Gasteiger partial charge in [0.25, 0.3) is 5.91 Å². The second kappa shape index (κ2) is 7.62. The summed E-state index contributed by atoms with van der Waals surface area (Å²) in [5.74, 6) is 0.183. The Hall–Kier alpha value is -2.45. The molecule has 134 valence electrons. The summed E-state index contributed by atoms with van der Waals surface area (Å²) < 4.78 is 35.6. The van der Waals surface area contributed by atoms with Crippen molar-refractivity contribution in [1.82, 2.24) is 0 Å². The van der Waals surface area contributed by atoms with E-state index in [4.69, 9.17) is 21.1 Å². The zero-order chi connectivity index (χ0) is 18.6. The van der Waals surface area contributed by atoms with Crippen molar-refractivity contribution in [3.05, 3.63) is 47.0 Å². The minimum absolute atomic E-state index is 0.156. The molecule has 0 atom stereocenters. The number of hydrogen-bond acceptors (Lipinski definition) is 5. The first-order valence-corrected chi connectivity index (χ1v) is 9.31. The monoisotopic (exact) mass is 384 g/mol. The maximum absolute atomic E-state index is 12.6. The zero-order valence-electron chi connectivity index (χ0n) is 13.8. The number of halogens is 1. The number of ether oxygens (including phenoxy) is 2. The topological polar surface area (TPSA) is 93.7 Å². The minimum atomic E-state index is -3.53. The van der Waals surface area contributed by atoms with Gasteiger partial charge in [0.15, 0.2) is 0 Å². The SMILES string of the molecule is COc1cc(NC(=O)c2ccccc2NS(C)(=O)=O)c(OC)cc1Cl. The number of rotatable bonds is 6. The van der Waals surface area contributed by atoms with Crippen molar-refractivity contribution in [2.75, 3.05) is 30.5 Å². The summed E-state index contributed by atoms with van der Waals surface area (Å²) in [4.78, 5) is 12.6. The number of amides is 1. The molecule has 0 radical (unpaired) electrons. The van der Waals surface area contributed by atoms with E-state index in [1.165, 1.54) is 38.5 Å². The second-order valence-corrected chi connectivity index (χ2v) is 7.22. The van der Waals surface area contributed by atoms with Gasteiger partial charge in [-0.05, 0) is 12.1 Å². The molecule has 0 spiro atoms. The van der Waals surface area contributed by atoms with Crippen LogP contribution >= 0.6 is 11.6 Å². The van der Waals surface area contributed by atoms with Gasteiger partial charge in [0, 0.05) is 12.1 Å². The van der Waals surface area contributed by atoms with Crippen LogP contribution in [0.3, 0.4) is 0 Å². The van der Waals surface area contributed by atoms with Crippen LogP contribution in [0, 0.1) is 0 Å². The number of benzene rings is 2. The summed E-state index contributed by atoms with van der Waals surface area (Å²) in [7, 11) is -0.641. The van der Waals surface area contributed by atoms with E-state index < -0.39 is 15.9 Å². The highest BCUT2D eigenvalue weighted by Gasteiger charge is 2.17. The molecule has 7 nitrogen and oxygen atoms in total. The fourth-order valence-electron chi connectivity index (χ4n) is 2.12. The molecule has 0 fully saturated rings. The van der Waals surface area contributed by atoms with Gasteiger partial charge >= 0.3 is 0 Å². The Morgan fingerprint density at radius 3 is 2.28 bits per heavy atom. The molecule has 1 amide bonds. The van der Waals surface area contributed by atoms with Gasteiger partial charge in [-0.25, -0.2) is 8.42 Å². The van der Waals surface area contributed by atoms with E-state index in [2.05, 4.69) is 10.0 Å². The third-order valence-electron chi connectivity index (χ3n) is 3.19. The van der Waals surface area contributed by atoms with Crippen LogP contribution in [0.1, 0.15) is 10.4 Å². The van der Waals surface area contributed by atoms with Crippen molar-refractivity contribution in [3.63, 3.8) is 0 Å². The smallest absolute Gasteiger partial charge is 0.257 e. The molecule has 9 heteroatoms. The molecular weight excluding hydrogens is 368 g/mol. The summed E-state index contributed by atoms with van der Waals surface area (Å²) in [6, 6.07) is 9.28. The van der Waals surface area contributed by atoms with Gasteiger partial charge in [0.1, 0.15) is 11.5 Å². The lowest BCUT2D eigenvalue weighted by Crippen LogP contribution is -2.17. The molecule has 0 heterocycles. The molecule has 2 N–H and O–H groups in total. The molecule has 0 bridgehead atoms. The second-order valence-electron chi connectivity index (χ2n) is 5.06. The molecule has 0 aliphatic heterocycles. The molecule has 2 aromatic carbocycles. The van der Waals surface area contributed by atoms with Gasteiger partial charge in [-0.2, -0.15) is 0 Å². The summed E-state index contributed by atoms with van der Waals surface area (Å²) in [6.45, 7) is 0. The number of hydrogen-bond donors (Lipinski definition) is 2. The highest BCUT2D eigenvalue weighted by atomic mass is 35.5. The summed E-state index contributed by atoms with van der Waals surface area (Å²) in [6.07, 6.45) is 1.01. The first-order chi connectivity index (χ1) is 11.7. The van der Waals surface area contributed by atoms with E-state index in [9.17, 15) is 13.2 Å². The van der Waals surface area contributed by atoms with Crippen molar-refractivity contribution in [2.24, 2.45) is 0 Å². The van der Waals surface area contributed by atoms with E-state index in [0.717, 1.165) is 6.26 Å². The lowest BCUT2D eigenvalue weighted by Gasteiger charge is -2.15. The summed E-state index contributed by atoms with van der Waals surface area (Å²) in [5.41, 5.74) is 0.661. The number of carbonyl (C=O) groups is 1. The maximum Gasteiger partial charge on any atom is 0.257 e. The number of para-hydroxylation sites is 1. The number of anilines is 2. The Bertz CT molecular complexity index is 899. The molecule has 25 heavy (non-hydrogen) atoms. The van der Waals surface area contributed by atoms with Gasteiger partial charge in [-0.3, -0.25) is 9.52 Å². The van der Waals surface area contributed by atoms with E-state index >= 15 is 0 Å². The Morgan fingerprint density at radius 1 is 1.04 bits per heavy atom. The average Bonchev–Trinajstić information content (AvgIpc) is 2.54. The predicted molar refractivity (Wildman–Crippen MR) is 97.4 cm³/mol. The maximum atomic E-state index is 12.6. The van der Waals surface area contributed by atoms with Crippen LogP contribution in [0.25, 0.3) is 0 Å². The third-order valence-corrected chi connectivity index (χ3v) is 4.08. The highest BCUT2D eigenvalue weighted by molar-refractivity contribution is 7.92. The van der Waals surface area contributed by atoms with E-state index in [1.807, 2.05) is 0 Å². The molecule has 0 unspecified atom stereocenters. The quantitative estimate of drug-likeness (QED) is 0.798. The number of sulfonamides is 1. The standard InChI is InChI=1S/C16H17ClN2O5S/c1-23-14-9-13(15(24-2)8-11(14)17)18-16(20)10-6-4-5-7-12(10)19-25(3,21)22/h4-9,19H,1-3H3,(H,18,20). The van der Waals surface area contributed by atoms with Crippen LogP contribution < -0.4 is 19.5 Å². The molecule has 2 rings (SSSR count). The van der Waals surface area contributed by atoms with Crippen molar-refractivity contribution >= 4 is 38.9 Å². The Labute approximate surface area is 151 Å². The largest absolute Gasteiger partial charge is 0.495 e. The predicted octanol–water partition coefficient (Wildman–Crippen LogP) is 2.98. The third kappa shape index (κ3) is 4.77. The van der Waals surface area contributed by atoms with Crippen LogP contribution in [0.4, 0.5) is 11.4 Å². The lowest BCUT2D eigenvalue weighted by atomic mass is 10.1. The van der Waals surface area contributed by atoms with Crippen molar-refractivity contribution < 1.29 is 22.7 Å². The van der Waals surface area contributed by atoms with E-state index in [0.29, 0.717) is 22.2 Å². The van der Waals surface area contributed by atoms with E-state index in [1.54, 1.807) is 12.1 Å². The fraction of sp³-hybridized carbons (Fsp3) is 0.188. The van der Waals surface area contributed by atoms with Gasteiger partial charge in [0.05, 0.1) is 42.4 Å². The summed E-state index contributed by atoms with van der Waals surface area (Å²) in [5, 5.41) is 3.00. The number of carbonyl (C=O) groups excluding carboxylic acids is 1. The molecule has 2 aromatic rings. The average molecular weight is 385 g/mol. The molecule has 0 aliphatic carbocycles. The van der Waals surface area contributed by atoms with Crippen molar-refractivity contribution in [1.29, 1.82) is 0 Å². The highest BCUT2D eigenvalue weighted by Crippen LogP contribution is 2.36. The van der Waals surface area contributed by atoms with Crippen LogP contribution in [-0.2, 0) is 10.0 Å². The molecular formula is C16H17ClN2O5S. The minimum Gasteiger partial charge on any atom is -0.495 e. The molecule has 0 saturated carbocycles. The first kappa shape index (κ1) is 18.9. The van der Waals surface area contributed by atoms with Crippen LogP contribution in [0.15, 0.2) is 36.4 Å². The van der Waals surface area contributed by atoms with Crippen molar-refractivity contribution in [3.8, 4) is 11.5 Å². The lowest BCUT2D eigenvalue weighted by molar-refractivity contribution is 0.102. The van der Waals surface area contributed by atoms with E-state index in [-0.39, 0.29) is 11.3 Å². The Kier molecular flexibility index (Phi) is 5.76. The van der Waals surface area contributed by atoms with Gasteiger partial charge in [-0.1, -0.05) is 23.7 Å². The number of nitrogens with one attached hydrogen (secondary N) is 2.